The molecule has 1 fully saturated rings. The molecule has 0 radical (unpaired) electrons. The molecule has 1 aliphatic rings. The number of likely N-dealkylation sites (tertiary alicyclic amines) is 1. The second kappa shape index (κ2) is 13.1. The number of ether oxygens (including phenoxy) is 1. The van der Waals surface area contributed by atoms with Crippen molar-refractivity contribution in [1.82, 2.24) is 25.8 Å². The lowest BCUT2D eigenvalue weighted by atomic mass is 9.97. The van der Waals surface area contributed by atoms with Gasteiger partial charge in [0.2, 0.25) is 17.7 Å². The third-order valence-electron chi connectivity index (χ3n) is 4.71. The van der Waals surface area contributed by atoms with Crippen LogP contribution in [-0.4, -0.2) is 92.1 Å². The summed E-state index contributed by atoms with van der Waals surface area (Å²) in [5, 5.41) is 8.19. The second-order valence-electron chi connectivity index (χ2n) is 8.89. The summed E-state index contributed by atoms with van der Waals surface area (Å²) in [5.41, 5.74) is -0.566. The van der Waals surface area contributed by atoms with E-state index in [1.54, 1.807) is 27.8 Å². The summed E-state index contributed by atoms with van der Waals surface area (Å²) in [5.74, 6) is -0.612. The van der Waals surface area contributed by atoms with Crippen LogP contribution in [0.15, 0.2) is 0 Å². The van der Waals surface area contributed by atoms with Gasteiger partial charge >= 0.3 is 6.09 Å². The summed E-state index contributed by atoms with van der Waals surface area (Å²) in [7, 11) is 1.61. The summed E-state index contributed by atoms with van der Waals surface area (Å²) < 4.78 is 5.14. The molecule has 31 heavy (non-hydrogen) atoms. The number of hydrogen-bond donors (Lipinski definition) is 3. The van der Waals surface area contributed by atoms with E-state index in [4.69, 9.17) is 4.74 Å². The zero-order valence-corrected chi connectivity index (χ0v) is 19.6. The maximum Gasteiger partial charge on any atom is 0.407 e. The topological polar surface area (TPSA) is 120 Å². The summed E-state index contributed by atoms with van der Waals surface area (Å²) in [6.45, 7) is 9.95. The highest BCUT2D eigenvalue weighted by Gasteiger charge is 2.27. The lowest BCUT2D eigenvalue weighted by Crippen LogP contribution is -2.48. The molecule has 0 bridgehead atoms. The van der Waals surface area contributed by atoms with Gasteiger partial charge in [-0.15, -0.1) is 0 Å². The number of nitrogens with zero attached hydrogens (tertiary/aromatic N) is 2. The fraction of sp³-hybridized carbons (Fsp3) is 0.810. The molecule has 0 aliphatic carbocycles. The molecule has 1 unspecified atom stereocenters. The van der Waals surface area contributed by atoms with Gasteiger partial charge in [0, 0.05) is 33.2 Å². The van der Waals surface area contributed by atoms with E-state index in [2.05, 4.69) is 16.0 Å². The van der Waals surface area contributed by atoms with Gasteiger partial charge in [-0.05, 0) is 46.6 Å². The first-order chi connectivity index (χ1) is 14.5. The molecule has 1 aliphatic heterocycles. The number of nitrogens with one attached hydrogen (secondary N) is 3. The highest BCUT2D eigenvalue weighted by molar-refractivity contribution is 5.85. The fourth-order valence-electron chi connectivity index (χ4n) is 3.16. The predicted octanol–water partition coefficient (Wildman–Crippen LogP) is 0.324. The average Bonchev–Trinajstić information content (AvgIpc) is 2.68. The minimum absolute atomic E-state index is 0.0290. The third-order valence-corrected chi connectivity index (χ3v) is 4.71. The Morgan fingerprint density at radius 1 is 1.06 bits per heavy atom. The second-order valence-corrected chi connectivity index (χ2v) is 8.89. The average molecular weight is 442 g/mol. The summed E-state index contributed by atoms with van der Waals surface area (Å²) in [4.78, 5) is 51.6. The maximum absolute atomic E-state index is 12.5. The van der Waals surface area contributed by atoms with Gasteiger partial charge in [-0.3, -0.25) is 19.3 Å². The Morgan fingerprint density at radius 3 is 2.39 bits per heavy atom. The molecule has 4 amide bonds. The van der Waals surface area contributed by atoms with E-state index in [9.17, 15) is 19.2 Å². The van der Waals surface area contributed by atoms with Crippen LogP contribution in [0.5, 0.6) is 0 Å². The van der Waals surface area contributed by atoms with Gasteiger partial charge in [-0.1, -0.05) is 6.92 Å². The molecule has 1 heterocycles. The highest BCUT2D eigenvalue weighted by atomic mass is 16.6. The Morgan fingerprint density at radius 2 is 1.74 bits per heavy atom. The van der Waals surface area contributed by atoms with Gasteiger partial charge < -0.3 is 25.6 Å². The third kappa shape index (κ3) is 11.6. The predicted molar refractivity (Wildman–Crippen MR) is 117 cm³/mol. The quantitative estimate of drug-likeness (QED) is 0.420. The van der Waals surface area contributed by atoms with Crippen LogP contribution in [-0.2, 0) is 19.1 Å². The van der Waals surface area contributed by atoms with Crippen molar-refractivity contribution in [3.63, 3.8) is 0 Å². The monoisotopic (exact) mass is 441 g/mol. The number of rotatable bonds is 10. The fourth-order valence-corrected chi connectivity index (χ4v) is 3.16. The summed E-state index contributed by atoms with van der Waals surface area (Å²) >= 11 is 0. The Balaban J connectivity index is 2.34. The van der Waals surface area contributed by atoms with E-state index in [0.29, 0.717) is 19.6 Å². The number of carbonyl (C=O) groups is 4. The Hall–Kier alpha value is -2.36. The molecule has 0 spiro atoms. The van der Waals surface area contributed by atoms with Crippen LogP contribution in [0, 0.1) is 5.92 Å². The number of carbonyl (C=O) groups excluding carboxylic acids is 4. The molecule has 10 nitrogen and oxygen atoms in total. The summed E-state index contributed by atoms with van der Waals surface area (Å²) in [6.07, 6.45) is 1.90. The molecular formula is C21H39N5O5. The Bertz CT molecular complexity index is 620. The number of amides is 4. The van der Waals surface area contributed by atoms with E-state index in [1.807, 2.05) is 11.8 Å². The van der Waals surface area contributed by atoms with Crippen LogP contribution >= 0.6 is 0 Å². The first-order valence-electron chi connectivity index (χ1n) is 11.0. The molecule has 0 aromatic rings. The molecule has 10 heteroatoms. The minimum atomic E-state index is -0.566. The van der Waals surface area contributed by atoms with Crippen LogP contribution in [0.1, 0.15) is 47.0 Å². The number of piperidine rings is 1. The van der Waals surface area contributed by atoms with E-state index in [0.717, 1.165) is 25.8 Å². The van der Waals surface area contributed by atoms with Crippen molar-refractivity contribution in [2.75, 3.05) is 52.9 Å². The Labute approximate surface area is 185 Å². The van der Waals surface area contributed by atoms with Crippen molar-refractivity contribution in [2.24, 2.45) is 5.92 Å². The van der Waals surface area contributed by atoms with Crippen molar-refractivity contribution in [1.29, 1.82) is 0 Å². The molecule has 0 saturated carbocycles. The van der Waals surface area contributed by atoms with Crippen molar-refractivity contribution >= 4 is 23.8 Å². The van der Waals surface area contributed by atoms with Gasteiger partial charge in [0.1, 0.15) is 5.60 Å². The van der Waals surface area contributed by atoms with Crippen LogP contribution in [0.3, 0.4) is 0 Å². The van der Waals surface area contributed by atoms with Gasteiger partial charge in [-0.25, -0.2) is 4.79 Å². The first kappa shape index (κ1) is 26.7. The molecule has 3 N–H and O–H groups in total. The highest BCUT2D eigenvalue weighted by Crippen LogP contribution is 2.16. The molecular weight excluding hydrogens is 402 g/mol. The normalized spacial score (nSPS) is 16.9. The van der Waals surface area contributed by atoms with Crippen molar-refractivity contribution in [3.8, 4) is 0 Å². The molecule has 0 aromatic carbocycles. The van der Waals surface area contributed by atoms with Crippen LogP contribution in [0.2, 0.25) is 0 Å². The minimum Gasteiger partial charge on any atom is -0.444 e. The van der Waals surface area contributed by atoms with E-state index in [-0.39, 0.29) is 43.3 Å². The van der Waals surface area contributed by atoms with Crippen molar-refractivity contribution < 1.29 is 23.9 Å². The largest absolute Gasteiger partial charge is 0.444 e. The number of likely N-dealkylation sites (N-methyl/N-ethyl adjacent to an activating group) is 1. The molecule has 1 saturated heterocycles. The lowest BCUT2D eigenvalue weighted by Gasteiger charge is -2.32. The van der Waals surface area contributed by atoms with E-state index in [1.165, 1.54) is 4.90 Å². The zero-order valence-electron chi connectivity index (χ0n) is 19.6. The first-order valence-corrected chi connectivity index (χ1v) is 11.0. The molecule has 0 aromatic heterocycles. The van der Waals surface area contributed by atoms with Gasteiger partial charge in [0.25, 0.3) is 0 Å². The summed E-state index contributed by atoms with van der Waals surface area (Å²) in [6, 6.07) is 0. The molecule has 178 valence electrons. The smallest absolute Gasteiger partial charge is 0.407 e. The van der Waals surface area contributed by atoms with Crippen LogP contribution in [0.4, 0.5) is 4.79 Å². The zero-order chi connectivity index (χ0) is 23.4. The number of alkyl carbamates (subject to hydrolysis) is 1. The molecule has 1 atom stereocenters. The van der Waals surface area contributed by atoms with Gasteiger partial charge in [-0.2, -0.15) is 0 Å². The number of hydrogen-bond acceptors (Lipinski definition) is 6. The standard InChI is InChI=1S/C21H39N5O5/c1-6-9-22-17(27)14-25(5)18(28)15-26-12-7-8-16(13-26)19(29)23-10-11-24-20(30)31-21(2,3)4/h16H,6-15H2,1-5H3,(H,22,27)(H,23,29)(H,24,30). The van der Waals surface area contributed by atoms with Gasteiger partial charge in [0.15, 0.2) is 0 Å². The Kier molecular flexibility index (Phi) is 11.3. The van der Waals surface area contributed by atoms with Gasteiger partial charge in [0.05, 0.1) is 19.0 Å². The molecule has 1 rings (SSSR count). The van der Waals surface area contributed by atoms with Crippen molar-refractivity contribution in [2.45, 2.75) is 52.6 Å². The van der Waals surface area contributed by atoms with E-state index < -0.39 is 11.7 Å². The van der Waals surface area contributed by atoms with Crippen molar-refractivity contribution in [3.05, 3.63) is 0 Å². The van der Waals surface area contributed by atoms with E-state index >= 15 is 0 Å². The SMILES string of the molecule is CCCNC(=O)CN(C)C(=O)CN1CCCC(C(=O)NCCNC(=O)OC(C)(C)C)C1. The van der Waals surface area contributed by atoms with Crippen LogP contribution in [0.25, 0.3) is 0 Å². The van der Waals surface area contributed by atoms with Crippen LogP contribution < -0.4 is 16.0 Å². The lowest BCUT2D eigenvalue weighted by molar-refractivity contribution is -0.136. The maximum atomic E-state index is 12.5.